The van der Waals surface area contributed by atoms with Crippen LogP contribution in [0.3, 0.4) is 0 Å². The quantitative estimate of drug-likeness (QED) is 0.499. The molecule has 3 aromatic carbocycles. The molecule has 0 fully saturated rings. The summed E-state index contributed by atoms with van der Waals surface area (Å²) in [5.41, 5.74) is 3.25. The fourth-order valence-corrected chi connectivity index (χ4v) is 4.79. The van der Waals surface area contributed by atoms with E-state index in [1.165, 1.54) is 17.3 Å². The Bertz CT molecular complexity index is 1240. The summed E-state index contributed by atoms with van der Waals surface area (Å²) in [6, 6.07) is 21.0. The van der Waals surface area contributed by atoms with Gasteiger partial charge in [0.2, 0.25) is 0 Å². The first-order chi connectivity index (χ1) is 16.5. The Labute approximate surface area is 203 Å². The molecule has 34 heavy (non-hydrogen) atoms. The molecule has 6 nitrogen and oxygen atoms in total. The molecule has 0 unspecified atom stereocenters. The van der Waals surface area contributed by atoms with Gasteiger partial charge in [0.15, 0.2) is 11.5 Å². The van der Waals surface area contributed by atoms with Gasteiger partial charge in [-0.25, -0.2) is 0 Å². The summed E-state index contributed by atoms with van der Waals surface area (Å²) in [5.74, 6) is 0.941. The predicted octanol–water partition coefficient (Wildman–Crippen LogP) is 4.79. The van der Waals surface area contributed by atoms with Gasteiger partial charge in [0.25, 0.3) is 11.8 Å². The summed E-state index contributed by atoms with van der Waals surface area (Å²) < 4.78 is 10.6. The predicted molar refractivity (Wildman–Crippen MR) is 136 cm³/mol. The van der Waals surface area contributed by atoms with Crippen LogP contribution in [0.1, 0.15) is 21.5 Å². The van der Waals surface area contributed by atoms with Crippen LogP contribution in [0.4, 0.5) is 5.69 Å². The monoisotopic (exact) mass is 474 g/mol. The third-order valence-electron chi connectivity index (χ3n) is 5.57. The maximum Gasteiger partial charge on any atom is 0.264 e. The summed E-state index contributed by atoms with van der Waals surface area (Å²) >= 11 is 1.39. The van der Waals surface area contributed by atoms with Gasteiger partial charge in [-0.15, -0.1) is 0 Å². The highest BCUT2D eigenvalue weighted by molar-refractivity contribution is 8.04. The molecule has 4 rings (SSSR count). The smallest absolute Gasteiger partial charge is 0.264 e. The fourth-order valence-electron chi connectivity index (χ4n) is 3.70. The molecule has 2 amide bonds. The lowest BCUT2D eigenvalue weighted by Crippen LogP contribution is -2.31. The van der Waals surface area contributed by atoms with Crippen molar-refractivity contribution in [3.05, 3.63) is 88.3 Å². The number of ether oxygens (including phenoxy) is 2. The topological polar surface area (TPSA) is 67.9 Å². The Hall–Kier alpha value is -3.71. The van der Waals surface area contributed by atoms with E-state index in [4.69, 9.17) is 9.47 Å². The van der Waals surface area contributed by atoms with Crippen LogP contribution in [0.5, 0.6) is 11.5 Å². The second kappa shape index (κ2) is 10.5. The van der Waals surface area contributed by atoms with E-state index in [1.54, 1.807) is 38.3 Å². The van der Waals surface area contributed by atoms with Crippen LogP contribution in [0.2, 0.25) is 0 Å². The van der Waals surface area contributed by atoms with Crippen molar-refractivity contribution in [1.82, 2.24) is 5.32 Å². The Kier molecular flexibility index (Phi) is 7.23. The highest BCUT2D eigenvalue weighted by Crippen LogP contribution is 2.42. The lowest BCUT2D eigenvalue weighted by Gasteiger charge is -2.27. The number of carbonyl (C=O) groups excluding carboxylic acids is 2. The number of hydrogen-bond acceptors (Lipinski definition) is 5. The molecule has 0 bridgehead atoms. The SMILES string of the molecule is COc1ccc(/C=C2\Sc3ccc(C(=O)NCCc4ccccc4)cc3N(C)C2=O)cc1OC. The first kappa shape index (κ1) is 23.4. The Morgan fingerprint density at radius 1 is 1.00 bits per heavy atom. The van der Waals surface area contributed by atoms with Gasteiger partial charge in [0.05, 0.1) is 24.8 Å². The number of hydrogen-bond donors (Lipinski definition) is 1. The number of nitrogens with one attached hydrogen (secondary N) is 1. The van der Waals surface area contributed by atoms with Gasteiger partial charge in [-0.2, -0.15) is 0 Å². The third kappa shape index (κ3) is 5.10. The zero-order valence-corrected chi connectivity index (χ0v) is 20.1. The molecule has 0 saturated heterocycles. The van der Waals surface area contributed by atoms with E-state index in [0.717, 1.165) is 22.6 Å². The van der Waals surface area contributed by atoms with E-state index in [0.29, 0.717) is 28.5 Å². The second-order valence-electron chi connectivity index (χ2n) is 7.76. The van der Waals surface area contributed by atoms with Crippen molar-refractivity contribution in [2.24, 2.45) is 0 Å². The van der Waals surface area contributed by atoms with Crippen molar-refractivity contribution >= 4 is 35.3 Å². The highest BCUT2D eigenvalue weighted by atomic mass is 32.2. The van der Waals surface area contributed by atoms with Crippen molar-refractivity contribution in [2.75, 3.05) is 32.7 Å². The highest BCUT2D eigenvalue weighted by Gasteiger charge is 2.27. The summed E-state index contributed by atoms with van der Waals surface area (Å²) in [5, 5.41) is 2.96. The van der Waals surface area contributed by atoms with Crippen molar-refractivity contribution < 1.29 is 19.1 Å². The van der Waals surface area contributed by atoms with E-state index in [1.807, 2.05) is 60.7 Å². The number of fused-ring (bicyclic) bond motifs is 1. The Morgan fingerprint density at radius 3 is 2.50 bits per heavy atom. The molecule has 0 atom stereocenters. The molecule has 3 aromatic rings. The van der Waals surface area contributed by atoms with Crippen LogP contribution in [0, 0.1) is 0 Å². The molecule has 1 aliphatic rings. The normalized spacial score (nSPS) is 14.0. The molecule has 1 N–H and O–H groups in total. The standard InChI is InChI=1S/C27H26N2O4S/c1-29-21-17-20(26(30)28-14-13-18-7-5-4-6-8-18)10-12-24(21)34-25(27(29)31)16-19-9-11-22(32-2)23(15-19)33-3/h4-12,15-17H,13-14H2,1-3H3,(H,28,30)/b25-16-. The molecular formula is C27H26N2O4S. The third-order valence-corrected chi connectivity index (χ3v) is 6.64. The average molecular weight is 475 g/mol. The van der Waals surface area contributed by atoms with Crippen LogP contribution in [0.15, 0.2) is 76.5 Å². The van der Waals surface area contributed by atoms with Gasteiger partial charge >= 0.3 is 0 Å². The molecule has 174 valence electrons. The summed E-state index contributed by atoms with van der Waals surface area (Å²) in [6.07, 6.45) is 2.59. The first-order valence-corrected chi connectivity index (χ1v) is 11.7. The van der Waals surface area contributed by atoms with Gasteiger partial charge in [-0.1, -0.05) is 48.2 Å². The Morgan fingerprint density at radius 2 is 1.76 bits per heavy atom. The largest absolute Gasteiger partial charge is 0.493 e. The van der Waals surface area contributed by atoms with Crippen molar-refractivity contribution in [2.45, 2.75) is 11.3 Å². The van der Waals surface area contributed by atoms with E-state index >= 15 is 0 Å². The van der Waals surface area contributed by atoms with Crippen LogP contribution in [0.25, 0.3) is 6.08 Å². The Balaban J connectivity index is 1.49. The molecule has 1 aliphatic heterocycles. The maximum atomic E-state index is 13.1. The molecule has 7 heteroatoms. The minimum absolute atomic E-state index is 0.131. The lowest BCUT2D eigenvalue weighted by atomic mass is 10.1. The van der Waals surface area contributed by atoms with Crippen LogP contribution >= 0.6 is 11.8 Å². The number of rotatable bonds is 7. The zero-order valence-electron chi connectivity index (χ0n) is 19.3. The average Bonchev–Trinajstić information content (AvgIpc) is 2.87. The van der Waals surface area contributed by atoms with Crippen molar-refractivity contribution in [3.8, 4) is 11.5 Å². The summed E-state index contributed by atoms with van der Waals surface area (Å²) in [6.45, 7) is 0.543. The summed E-state index contributed by atoms with van der Waals surface area (Å²) in [4.78, 5) is 28.8. The van der Waals surface area contributed by atoms with E-state index < -0.39 is 0 Å². The number of amides is 2. The number of thioether (sulfide) groups is 1. The minimum atomic E-state index is -0.156. The summed E-state index contributed by atoms with van der Waals surface area (Å²) in [7, 11) is 4.88. The van der Waals surface area contributed by atoms with E-state index in [2.05, 4.69) is 5.32 Å². The second-order valence-corrected chi connectivity index (χ2v) is 8.85. The van der Waals surface area contributed by atoms with E-state index in [9.17, 15) is 9.59 Å². The van der Waals surface area contributed by atoms with Crippen LogP contribution in [-0.4, -0.2) is 39.6 Å². The molecule has 0 spiro atoms. The number of nitrogens with zero attached hydrogens (tertiary/aromatic N) is 1. The number of anilines is 1. The molecule has 0 aromatic heterocycles. The number of methoxy groups -OCH3 is 2. The van der Waals surface area contributed by atoms with Crippen LogP contribution in [-0.2, 0) is 11.2 Å². The number of carbonyl (C=O) groups is 2. The lowest BCUT2D eigenvalue weighted by molar-refractivity contribution is -0.114. The minimum Gasteiger partial charge on any atom is -0.493 e. The zero-order chi connectivity index (χ0) is 24.1. The number of likely N-dealkylation sites (N-methyl/N-ethyl adjacent to an activating group) is 1. The van der Waals surface area contributed by atoms with Gasteiger partial charge < -0.3 is 19.7 Å². The first-order valence-electron chi connectivity index (χ1n) is 10.9. The molecule has 0 aliphatic carbocycles. The molecule has 0 radical (unpaired) electrons. The van der Waals surface area contributed by atoms with Crippen molar-refractivity contribution in [1.29, 1.82) is 0 Å². The molecule has 0 saturated carbocycles. The van der Waals surface area contributed by atoms with Crippen molar-refractivity contribution in [3.63, 3.8) is 0 Å². The van der Waals surface area contributed by atoms with Gasteiger partial charge in [-0.05, 0) is 54.0 Å². The fraction of sp³-hybridized carbons (Fsp3) is 0.185. The van der Waals surface area contributed by atoms with Gasteiger partial charge in [-0.3, -0.25) is 9.59 Å². The van der Waals surface area contributed by atoms with E-state index in [-0.39, 0.29) is 11.8 Å². The maximum absolute atomic E-state index is 13.1. The van der Waals surface area contributed by atoms with Crippen LogP contribution < -0.4 is 19.7 Å². The number of benzene rings is 3. The van der Waals surface area contributed by atoms with Gasteiger partial charge in [0, 0.05) is 24.1 Å². The van der Waals surface area contributed by atoms with Gasteiger partial charge in [0.1, 0.15) is 0 Å². The molecular weight excluding hydrogens is 448 g/mol. The molecule has 1 heterocycles.